The van der Waals surface area contributed by atoms with Crippen molar-refractivity contribution in [3.63, 3.8) is 0 Å². The highest BCUT2D eigenvalue weighted by molar-refractivity contribution is 5.83. The Morgan fingerprint density at radius 3 is 2.52 bits per heavy atom. The van der Waals surface area contributed by atoms with Crippen molar-refractivity contribution in [1.29, 1.82) is 0 Å². The third-order valence-corrected chi connectivity index (χ3v) is 5.46. The Labute approximate surface area is 158 Å². The van der Waals surface area contributed by atoms with Crippen LogP contribution in [-0.4, -0.2) is 48.4 Å². The molecule has 0 radical (unpaired) electrons. The van der Waals surface area contributed by atoms with E-state index in [0.717, 1.165) is 44.9 Å². The predicted octanol–water partition coefficient (Wildman–Crippen LogP) is 3.89. The van der Waals surface area contributed by atoms with Crippen LogP contribution >= 0.6 is 0 Å². The third kappa shape index (κ3) is 4.11. The molecule has 0 spiro atoms. The number of rotatable bonds is 5. The fourth-order valence-electron chi connectivity index (χ4n) is 3.73. The number of ether oxygens (including phenoxy) is 1. The number of benzene rings is 1. The van der Waals surface area contributed by atoms with E-state index in [-0.39, 0.29) is 5.82 Å². The summed E-state index contributed by atoms with van der Waals surface area (Å²) in [5.41, 5.74) is 0.568. The molecule has 2 fully saturated rings. The van der Waals surface area contributed by atoms with E-state index >= 15 is 0 Å². The molecule has 1 saturated carbocycles. The fourth-order valence-corrected chi connectivity index (χ4v) is 3.73. The van der Waals surface area contributed by atoms with Crippen molar-refractivity contribution in [1.82, 2.24) is 9.88 Å². The van der Waals surface area contributed by atoms with Crippen molar-refractivity contribution in [2.45, 2.75) is 31.7 Å². The van der Waals surface area contributed by atoms with Gasteiger partial charge in [0.15, 0.2) is 6.29 Å². The van der Waals surface area contributed by atoms with Crippen molar-refractivity contribution in [3.05, 3.63) is 47.8 Å². The smallest absolute Gasteiger partial charge is 0.221 e. The standard InChI is InChI=1S/C21H24FN3O2/c22-17-6-8-19(9-7-17)27-20-10-5-16(15-26)21(23-20)25-12-2-11-24(13-14-25)18-3-1-4-18/h5-10,15,18H,1-4,11-14H2. The molecule has 1 aromatic heterocycles. The van der Waals surface area contributed by atoms with Gasteiger partial charge < -0.3 is 9.64 Å². The zero-order valence-corrected chi connectivity index (χ0v) is 15.3. The van der Waals surface area contributed by atoms with E-state index in [1.165, 1.54) is 31.4 Å². The van der Waals surface area contributed by atoms with Crippen LogP contribution < -0.4 is 9.64 Å². The second-order valence-corrected chi connectivity index (χ2v) is 7.20. The molecular formula is C21H24FN3O2. The lowest BCUT2D eigenvalue weighted by Crippen LogP contribution is -2.42. The molecule has 4 rings (SSSR count). The molecule has 2 aromatic rings. The molecule has 142 valence electrons. The molecule has 1 aliphatic heterocycles. The first-order valence-electron chi connectivity index (χ1n) is 9.61. The Morgan fingerprint density at radius 1 is 1.00 bits per heavy atom. The van der Waals surface area contributed by atoms with E-state index in [2.05, 4.69) is 14.8 Å². The first-order valence-corrected chi connectivity index (χ1v) is 9.61. The normalized spacial score (nSPS) is 18.6. The summed E-state index contributed by atoms with van der Waals surface area (Å²) in [5.74, 6) is 1.27. The zero-order valence-electron chi connectivity index (χ0n) is 15.3. The number of hydrogen-bond donors (Lipinski definition) is 0. The maximum atomic E-state index is 13.1. The second-order valence-electron chi connectivity index (χ2n) is 7.20. The maximum Gasteiger partial charge on any atom is 0.221 e. The van der Waals surface area contributed by atoms with Gasteiger partial charge in [-0.1, -0.05) is 6.42 Å². The topological polar surface area (TPSA) is 45.7 Å². The van der Waals surface area contributed by atoms with Gasteiger partial charge in [0.2, 0.25) is 5.88 Å². The molecule has 0 amide bonds. The van der Waals surface area contributed by atoms with Crippen LogP contribution in [0, 0.1) is 5.82 Å². The molecule has 5 nitrogen and oxygen atoms in total. The summed E-state index contributed by atoms with van der Waals surface area (Å²) < 4.78 is 18.8. The molecule has 27 heavy (non-hydrogen) atoms. The number of carbonyl (C=O) groups excluding carboxylic acids is 1. The Bertz CT molecular complexity index is 793. The number of aromatic nitrogens is 1. The molecule has 1 aromatic carbocycles. The van der Waals surface area contributed by atoms with Gasteiger partial charge in [0, 0.05) is 38.3 Å². The average Bonchev–Trinajstić information content (AvgIpc) is 2.88. The lowest BCUT2D eigenvalue weighted by molar-refractivity contribution is 0.112. The minimum atomic E-state index is -0.312. The highest BCUT2D eigenvalue weighted by Crippen LogP contribution is 2.28. The van der Waals surface area contributed by atoms with Gasteiger partial charge in [0.05, 0.1) is 5.56 Å². The van der Waals surface area contributed by atoms with Crippen molar-refractivity contribution >= 4 is 12.1 Å². The van der Waals surface area contributed by atoms with Crippen LogP contribution in [0.4, 0.5) is 10.2 Å². The molecule has 1 saturated heterocycles. The van der Waals surface area contributed by atoms with E-state index in [4.69, 9.17) is 4.74 Å². The summed E-state index contributed by atoms with van der Waals surface area (Å²) in [4.78, 5) is 20.9. The summed E-state index contributed by atoms with van der Waals surface area (Å²) in [7, 11) is 0. The van der Waals surface area contributed by atoms with E-state index in [1.807, 2.05) is 0 Å². The summed E-state index contributed by atoms with van der Waals surface area (Å²) >= 11 is 0. The lowest BCUT2D eigenvalue weighted by atomic mass is 9.91. The van der Waals surface area contributed by atoms with Crippen LogP contribution in [0.3, 0.4) is 0 Å². The van der Waals surface area contributed by atoms with Crippen molar-refractivity contribution in [2.75, 3.05) is 31.1 Å². The Hall–Kier alpha value is -2.47. The van der Waals surface area contributed by atoms with Gasteiger partial charge in [-0.3, -0.25) is 9.69 Å². The van der Waals surface area contributed by atoms with Crippen LogP contribution in [-0.2, 0) is 0 Å². The van der Waals surface area contributed by atoms with Crippen LogP contribution in [0.25, 0.3) is 0 Å². The largest absolute Gasteiger partial charge is 0.439 e. The van der Waals surface area contributed by atoms with Gasteiger partial charge in [-0.15, -0.1) is 0 Å². The van der Waals surface area contributed by atoms with Crippen molar-refractivity contribution in [3.8, 4) is 11.6 Å². The Balaban J connectivity index is 1.51. The van der Waals surface area contributed by atoms with E-state index < -0.39 is 0 Å². The lowest BCUT2D eigenvalue weighted by Gasteiger charge is -2.36. The Kier molecular flexibility index (Phi) is 5.34. The number of hydrogen-bond acceptors (Lipinski definition) is 5. The first-order chi connectivity index (χ1) is 13.2. The quantitative estimate of drug-likeness (QED) is 0.748. The predicted molar refractivity (Wildman–Crippen MR) is 102 cm³/mol. The molecule has 0 atom stereocenters. The summed E-state index contributed by atoms with van der Waals surface area (Å²) in [6, 6.07) is 9.97. The van der Waals surface area contributed by atoms with E-state index in [9.17, 15) is 9.18 Å². The van der Waals surface area contributed by atoms with E-state index in [0.29, 0.717) is 23.0 Å². The molecule has 0 N–H and O–H groups in total. The summed E-state index contributed by atoms with van der Waals surface area (Å²) in [6.45, 7) is 3.82. The average molecular weight is 369 g/mol. The number of nitrogens with zero attached hydrogens (tertiary/aromatic N) is 3. The molecule has 0 unspecified atom stereocenters. The molecule has 1 aliphatic carbocycles. The summed E-state index contributed by atoms with van der Waals surface area (Å²) in [5, 5.41) is 0. The molecule has 6 heteroatoms. The monoisotopic (exact) mass is 369 g/mol. The zero-order chi connectivity index (χ0) is 18.6. The van der Waals surface area contributed by atoms with Crippen LogP contribution in [0.15, 0.2) is 36.4 Å². The van der Waals surface area contributed by atoms with Gasteiger partial charge >= 0.3 is 0 Å². The van der Waals surface area contributed by atoms with Gasteiger partial charge in [-0.25, -0.2) is 4.39 Å². The van der Waals surface area contributed by atoms with Gasteiger partial charge in [0.1, 0.15) is 17.4 Å². The van der Waals surface area contributed by atoms with E-state index in [1.54, 1.807) is 24.3 Å². The number of pyridine rings is 1. The summed E-state index contributed by atoms with van der Waals surface area (Å²) in [6.07, 6.45) is 5.85. The van der Waals surface area contributed by atoms with Gasteiger partial charge in [-0.05, 0) is 49.6 Å². The highest BCUT2D eigenvalue weighted by Gasteiger charge is 2.27. The highest BCUT2D eigenvalue weighted by atomic mass is 19.1. The molecule has 2 heterocycles. The Morgan fingerprint density at radius 2 is 1.81 bits per heavy atom. The second kappa shape index (κ2) is 8.05. The first kappa shape index (κ1) is 17.9. The molecule has 2 aliphatic rings. The third-order valence-electron chi connectivity index (χ3n) is 5.46. The van der Waals surface area contributed by atoms with Crippen LogP contribution in [0.2, 0.25) is 0 Å². The minimum Gasteiger partial charge on any atom is -0.439 e. The number of anilines is 1. The fraction of sp³-hybridized carbons (Fsp3) is 0.429. The molecular weight excluding hydrogens is 345 g/mol. The minimum absolute atomic E-state index is 0.312. The number of aldehydes is 1. The maximum absolute atomic E-state index is 13.1. The number of halogens is 1. The SMILES string of the molecule is O=Cc1ccc(Oc2ccc(F)cc2)nc1N1CCCN(C2CCC2)CC1. The van der Waals surface area contributed by atoms with Gasteiger partial charge in [-0.2, -0.15) is 4.98 Å². The van der Waals surface area contributed by atoms with Crippen molar-refractivity contribution in [2.24, 2.45) is 0 Å². The molecule has 0 bridgehead atoms. The van der Waals surface area contributed by atoms with Crippen LogP contribution in [0.1, 0.15) is 36.0 Å². The van der Waals surface area contributed by atoms with Crippen molar-refractivity contribution < 1.29 is 13.9 Å². The van der Waals surface area contributed by atoms with Crippen LogP contribution in [0.5, 0.6) is 11.6 Å². The van der Waals surface area contributed by atoms with Gasteiger partial charge in [0.25, 0.3) is 0 Å². The number of carbonyl (C=O) groups is 1.